The number of amides is 2. The molecule has 0 spiro atoms. The van der Waals surface area contributed by atoms with Crippen LogP contribution in [0.15, 0.2) is 65.1 Å². The second-order valence-electron chi connectivity index (χ2n) is 14.9. The second-order valence-corrected chi connectivity index (χ2v) is 16.8. The molecule has 2 amide bonds. The lowest BCUT2D eigenvalue weighted by atomic mass is 9.89. The number of benzene rings is 3. The van der Waals surface area contributed by atoms with Crippen molar-refractivity contribution in [2.24, 2.45) is 11.8 Å². The summed E-state index contributed by atoms with van der Waals surface area (Å²) in [6.07, 6.45) is 1.64. The van der Waals surface area contributed by atoms with Gasteiger partial charge in [0.25, 0.3) is 5.91 Å². The highest BCUT2D eigenvalue weighted by Crippen LogP contribution is 2.42. The number of hydrogen-bond donors (Lipinski definition) is 0. The zero-order chi connectivity index (χ0) is 37.5. The van der Waals surface area contributed by atoms with E-state index in [1.165, 1.54) is 0 Å². The number of sulfonamides is 1. The first-order chi connectivity index (χ1) is 24.6. The zero-order valence-corrected chi connectivity index (χ0v) is 31.4. The molecule has 0 bridgehead atoms. The van der Waals surface area contributed by atoms with E-state index in [4.69, 9.17) is 9.15 Å². The number of Topliss-reactive ketones (excluding diaryl/α,β-unsaturated/α-hetero) is 1. The fourth-order valence-electron chi connectivity index (χ4n) is 7.30. The molecule has 3 aromatic carbocycles. The molecule has 0 radical (unpaired) electrons. The molecule has 2 saturated heterocycles. The minimum absolute atomic E-state index is 0.116. The van der Waals surface area contributed by atoms with Crippen molar-refractivity contribution in [1.29, 1.82) is 0 Å². The van der Waals surface area contributed by atoms with Crippen molar-refractivity contribution in [2.45, 2.75) is 53.1 Å². The van der Waals surface area contributed by atoms with Crippen molar-refractivity contribution in [3.8, 4) is 22.5 Å². The molecule has 0 aliphatic carbocycles. The summed E-state index contributed by atoms with van der Waals surface area (Å²) in [5, 5.41) is 0.491. The van der Waals surface area contributed by atoms with Crippen molar-refractivity contribution < 1.29 is 36.3 Å². The molecule has 1 aromatic heterocycles. The average Bonchev–Trinajstić information content (AvgIpc) is 3.70. The Morgan fingerprint density at radius 3 is 2.31 bits per heavy atom. The number of ketones is 1. The largest absolute Gasteiger partial charge is 0.455 e. The van der Waals surface area contributed by atoms with Crippen LogP contribution in [0.25, 0.3) is 33.4 Å². The standard InChI is InChI=1S/C40H46FN3O7S/c1-7-34(45)36-32-20-31(33(44(18-16-41)52(6,48)49)21-35(32)50-37(36)26-13-11-25(2)12-14-26)27-9-8-10-28(19-27)38(46)43-22-29-15-17-42(23-30(29)24-43)39(47)51-40(3,4)5/h8-14,19-21,29-30H,7,15-18,22-24H2,1-6H3. The van der Waals surface area contributed by atoms with E-state index in [1.54, 1.807) is 48.2 Å². The van der Waals surface area contributed by atoms with Crippen LogP contribution < -0.4 is 4.31 Å². The number of alkyl halides is 1. The van der Waals surface area contributed by atoms with Crippen LogP contribution in [0, 0.1) is 18.8 Å². The summed E-state index contributed by atoms with van der Waals surface area (Å²) in [7, 11) is -3.96. The Labute approximate surface area is 304 Å². The Morgan fingerprint density at radius 2 is 1.65 bits per heavy atom. The highest BCUT2D eigenvalue weighted by molar-refractivity contribution is 7.92. The van der Waals surface area contributed by atoms with Crippen LogP contribution in [0.4, 0.5) is 14.9 Å². The molecule has 52 heavy (non-hydrogen) atoms. The van der Waals surface area contributed by atoms with Crippen molar-refractivity contribution in [2.75, 3.05) is 50.0 Å². The summed E-state index contributed by atoms with van der Waals surface area (Å²) < 4.78 is 53.1. The summed E-state index contributed by atoms with van der Waals surface area (Å²) in [4.78, 5) is 43.8. The van der Waals surface area contributed by atoms with Crippen LogP contribution in [-0.4, -0.2) is 87.3 Å². The fourth-order valence-corrected chi connectivity index (χ4v) is 8.21. The van der Waals surface area contributed by atoms with E-state index in [0.717, 1.165) is 22.5 Å². The van der Waals surface area contributed by atoms with Crippen molar-refractivity contribution >= 4 is 44.5 Å². The van der Waals surface area contributed by atoms with Gasteiger partial charge in [0.1, 0.15) is 23.6 Å². The Kier molecular flexibility index (Phi) is 10.2. The second kappa shape index (κ2) is 14.4. The number of nitrogens with zero attached hydrogens (tertiary/aromatic N) is 3. The van der Waals surface area contributed by atoms with Crippen LogP contribution in [0.1, 0.15) is 66.8 Å². The van der Waals surface area contributed by atoms with Gasteiger partial charge in [-0.1, -0.05) is 48.9 Å². The van der Waals surface area contributed by atoms with Gasteiger partial charge in [0, 0.05) is 60.7 Å². The third-order valence-electron chi connectivity index (χ3n) is 9.84. The van der Waals surface area contributed by atoms with Gasteiger partial charge in [0.15, 0.2) is 5.78 Å². The molecule has 0 N–H and O–H groups in total. The molecule has 276 valence electrons. The van der Waals surface area contributed by atoms with E-state index in [9.17, 15) is 27.2 Å². The van der Waals surface area contributed by atoms with Crippen molar-refractivity contribution in [1.82, 2.24) is 9.80 Å². The van der Waals surface area contributed by atoms with Crippen LogP contribution in [-0.2, 0) is 14.8 Å². The first kappa shape index (κ1) is 37.1. The van der Waals surface area contributed by atoms with Gasteiger partial charge in [-0.2, -0.15) is 0 Å². The highest BCUT2D eigenvalue weighted by Gasteiger charge is 2.41. The van der Waals surface area contributed by atoms with Gasteiger partial charge in [0.05, 0.1) is 24.1 Å². The lowest BCUT2D eigenvalue weighted by Crippen LogP contribution is -2.45. The van der Waals surface area contributed by atoms with E-state index in [2.05, 4.69) is 0 Å². The Morgan fingerprint density at radius 1 is 0.962 bits per heavy atom. The van der Waals surface area contributed by atoms with E-state index in [0.29, 0.717) is 65.1 Å². The average molecular weight is 732 g/mol. The number of halogens is 1. The van der Waals surface area contributed by atoms with Gasteiger partial charge in [-0.15, -0.1) is 0 Å². The predicted molar refractivity (Wildman–Crippen MR) is 200 cm³/mol. The molecular formula is C40H46FN3O7S. The number of furan rings is 1. The van der Waals surface area contributed by atoms with Crippen molar-refractivity contribution in [3.05, 3.63) is 77.4 Å². The predicted octanol–water partition coefficient (Wildman–Crippen LogP) is 7.73. The number of ether oxygens (including phenoxy) is 1. The number of fused-ring (bicyclic) bond motifs is 2. The number of carbonyl (C=O) groups is 3. The van der Waals surface area contributed by atoms with Gasteiger partial charge < -0.3 is 19.0 Å². The number of anilines is 1. The molecule has 4 aromatic rings. The number of piperidine rings is 1. The van der Waals surface area contributed by atoms with E-state index in [-0.39, 0.29) is 47.3 Å². The van der Waals surface area contributed by atoms with E-state index < -0.39 is 28.8 Å². The number of carbonyl (C=O) groups excluding carboxylic acids is 3. The Bertz CT molecular complexity index is 2120. The third kappa shape index (κ3) is 7.58. The quantitative estimate of drug-likeness (QED) is 0.162. The fraction of sp³-hybridized carbons (Fsp3) is 0.425. The summed E-state index contributed by atoms with van der Waals surface area (Å²) in [6, 6.07) is 17.7. The Hall–Kier alpha value is -4.71. The molecule has 2 fully saturated rings. The van der Waals surface area contributed by atoms with Gasteiger partial charge in [0.2, 0.25) is 10.0 Å². The van der Waals surface area contributed by atoms with Crippen LogP contribution >= 0.6 is 0 Å². The summed E-state index contributed by atoms with van der Waals surface area (Å²) >= 11 is 0. The van der Waals surface area contributed by atoms with Gasteiger partial charge in [-0.3, -0.25) is 13.9 Å². The van der Waals surface area contributed by atoms with Crippen LogP contribution in [0.3, 0.4) is 0 Å². The first-order valence-electron chi connectivity index (χ1n) is 17.7. The number of rotatable bonds is 9. The lowest BCUT2D eigenvalue weighted by Gasteiger charge is -2.35. The monoisotopic (exact) mass is 731 g/mol. The minimum atomic E-state index is -3.96. The molecule has 12 heteroatoms. The molecule has 3 heterocycles. The third-order valence-corrected chi connectivity index (χ3v) is 11.0. The molecule has 2 aliphatic heterocycles. The SMILES string of the molecule is CCC(=O)c1c(-c2ccc(C)cc2)oc2cc(N(CCF)S(C)(=O)=O)c(-c3cccc(C(=O)N4CC5CCN(C(=O)OC(C)(C)C)CC5C4)c3)cc12. The van der Waals surface area contributed by atoms with Gasteiger partial charge in [-0.25, -0.2) is 17.6 Å². The smallest absolute Gasteiger partial charge is 0.410 e. The lowest BCUT2D eigenvalue weighted by molar-refractivity contribution is 0.0139. The maximum atomic E-state index is 14.0. The molecule has 2 aliphatic rings. The molecular weight excluding hydrogens is 686 g/mol. The van der Waals surface area contributed by atoms with Gasteiger partial charge in [-0.05, 0) is 69.7 Å². The Balaban J connectivity index is 1.40. The first-order valence-corrected chi connectivity index (χ1v) is 19.5. The molecule has 0 saturated carbocycles. The molecule has 2 unspecified atom stereocenters. The molecule has 6 rings (SSSR count). The van der Waals surface area contributed by atoms with E-state index in [1.807, 2.05) is 56.9 Å². The highest BCUT2D eigenvalue weighted by atomic mass is 32.2. The van der Waals surface area contributed by atoms with Gasteiger partial charge >= 0.3 is 6.09 Å². The normalized spacial score (nSPS) is 17.7. The summed E-state index contributed by atoms with van der Waals surface area (Å²) in [5.41, 5.74) is 3.29. The van der Waals surface area contributed by atoms with E-state index >= 15 is 0 Å². The maximum Gasteiger partial charge on any atom is 0.410 e. The summed E-state index contributed by atoms with van der Waals surface area (Å²) in [5.74, 6) is 0.401. The topological polar surface area (TPSA) is 117 Å². The van der Waals surface area contributed by atoms with Crippen molar-refractivity contribution in [3.63, 3.8) is 0 Å². The van der Waals surface area contributed by atoms with Crippen LogP contribution in [0.2, 0.25) is 0 Å². The van der Waals surface area contributed by atoms with Crippen LogP contribution in [0.5, 0.6) is 0 Å². The summed E-state index contributed by atoms with van der Waals surface area (Å²) in [6.45, 7) is 10.00. The number of hydrogen-bond acceptors (Lipinski definition) is 7. The molecule has 2 atom stereocenters. The maximum absolute atomic E-state index is 14.0. The number of aryl methyl sites for hydroxylation is 1. The molecule has 10 nitrogen and oxygen atoms in total. The number of likely N-dealkylation sites (tertiary alicyclic amines) is 2. The zero-order valence-electron chi connectivity index (χ0n) is 30.6. The minimum Gasteiger partial charge on any atom is -0.455 e.